The number of benzene rings is 3. The Kier molecular flexibility index (Phi) is 2.91. The van der Waals surface area contributed by atoms with Crippen molar-refractivity contribution in [1.29, 1.82) is 0 Å². The molecule has 88 valence electrons. The smallest absolute Gasteiger partial charge is 0.0719 e. The summed E-state index contributed by atoms with van der Waals surface area (Å²) in [7, 11) is 0. The summed E-state index contributed by atoms with van der Waals surface area (Å²) >= 11 is 6.43. The molecule has 0 heterocycles. The Labute approximate surface area is 111 Å². The van der Waals surface area contributed by atoms with Crippen LogP contribution in [0.3, 0.4) is 0 Å². The van der Waals surface area contributed by atoms with E-state index in [0.29, 0.717) is 0 Å². The van der Waals surface area contributed by atoms with Crippen LogP contribution in [0.1, 0.15) is 0 Å². The molecule has 3 aromatic rings. The van der Waals surface area contributed by atoms with Gasteiger partial charge in [-0.2, -0.15) is 0 Å². The maximum Gasteiger partial charge on any atom is 0.0719 e. The first-order valence-electron chi connectivity index (χ1n) is 5.84. The predicted octanol–water partition coefficient (Wildman–Crippen LogP) is 5.24. The number of rotatable bonds is 2. The zero-order valence-corrected chi connectivity index (χ0v) is 10.5. The van der Waals surface area contributed by atoms with E-state index in [1.54, 1.807) is 0 Å². The van der Waals surface area contributed by atoms with Gasteiger partial charge in [0, 0.05) is 11.1 Å². The average Bonchev–Trinajstić information content (AvgIpc) is 2.43. The van der Waals surface area contributed by atoms with E-state index in [9.17, 15) is 0 Å². The van der Waals surface area contributed by atoms with E-state index in [4.69, 9.17) is 11.6 Å². The summed E-state index contributed by atoms with van der Waals surface area (Å²) in [4.78, 5) is 0. The first kappa shape index (κ1) is 11.1. The Bertz CT molecular complexity index is 677. The fraction of sp³-hybridized carbons (Fsp3) is 0. The number of fused-ring (bicyclic) bond motifs is 1. The van der Waals surface area contributed by atoms with Crippen molar-refractivity contribution in [3.8, 4) is 0 Å². The number of para-hydroxylation sites is 1. The highest BCUT2D eigenvalue weighted by molar-refractivity contribution is 6.38. The Morgan fingerprint density at radius 3 is 2.28 bits per heavy atom. The van der Waals surface area contributed by atoms with Crippen molar-refractivity contribution in [2.75, 3.05) is 5.32 Å². The third-order valence-electron chi connectivity index (χ3n) is 2.92. The third-order valence-corrected chi connectivity index (χ3v) is 3.32. The maximum atomic E-state index is 6.43. The molecule has 0 spiro atoms. The van der Waals surface area contributed by atoms with Crippen molar-refractivity contribution in [3.05, 3.63) is 71.8 Å². The van der Waals surface area contributed by atoms with Crippen LogP contribution in [0.25, 0.3) is 10.8 Å². The molecular formula is C16H12ClN. The molecule has 0 atom stereocenters. The lowest BCUT2D eigenvalue weighted by molar-refractivity contribution is 1.57. The normalized spacial score (nSPS) is 10.5. The summed E-state index contributed by atoms with van der Waals surface area (Å²) < 4.78 is 0. The summed E-state index contributed by atoms with van der Waals surface area (Å²) in [5.74, 6) is 0. The number of halogens is 1. The molecule has 0 saturated heterocycles. The lowest BCUT2D eigenvalue weighted by atomic mass is 10.1. The number of hydrogen-bond acceptors (Lipinski definition) is 1. The summed E-state index contributed by atoms with van der Waals surface area (Å²) in [6, 6.07) is 22.2. The molecular weight excluding hydrogens is 242 g/mol. The van der Waals surface area contributed by atoms with E-state index in [1.165, 1.54) is 0 Å². The number of nitrogens with one attached hydrogen (secondary N) is 1. The molecule has 3 rings (SSSR count). The highest BCUT2D eigenvalue weighted by Crippen LogP contribution is 2.32. The van der Waals surface area contributed by atoms with E-state index in [2.05, 4.69) is 17.4 Å². The third kappa shape index (κ3) is 2.05. The summed E-state index contributed by atoms with van der Waals surface area (Å²) in [5, 5.41) is 6.32. The fourth-order valence-corrected chi connectivity index (χ4v) is 2.29. The topological polar surface area (TPSA) is 12.0 Å². The second-order valence-electron chi connectivity index (χ2n) is 4.14. The van der Waals surface area contributed by atoms with Crippen molar-refractivity contribution in [1.82, 2.24) is 0 Å². The summed E-state index contributed by atoms with van der Waals surface area (Å²) in [6.45, 7) is 0. The standard InChI is InChI=1S/C16H12ClN/c17-16-14-9-5-4-6-12(14)10-11-15(16)18-13-7-2-1-3-8-13/h1-11,18H. The van der Waals surface area contributed by atoms with Crippen LogP contribution < -0.4 is 5.32 Å². The molecule has 1 nitrogen and oxygen atoms in total. The van der Waals surface area contributed by atoms with E-state index in [1.807, 2.05) is 54.6 Å². The second kappa shape index (κ2) is 4.71. The molecule has 0 aliphatic heterocycles. The Morgan fingerprint density at radius 1 is 0.722 bits per heavy atom. The molecule has 0 aromatic heterocycles. The van der Waals surface area contributed by atoms with Crippen LogP contribution >= 0.6 is 11.6 Å². The maximum absolute atomic E-state index is 6.43. The monoisotopic (exact) mass is 253 g/mol. The van der Waals surface area contributed by atoms with Gasteiger partial charge in [0.25, 0.3) is 0 Å². The van der Waals surface area contributed by atoms with Gasteiger partial charge in [0.1, 0.15) is 0 Å². The van der Waals surface area contributed by atoms with Crippen LogP contribution in [0.4, 0.5) is 11.4 Å². The molecule has 0 amide bonds. The molecule has 0 aliphatic carbocycles. The Balaban J connectivity index is 2.05. The minimum atomic E-state index is 0.761. The summed E-state index contributed by atoms with van der Waals surface area (Å²) in [6.07, 6.45) is 0. The number of anilines is 2. The quantitative estimate of drug-likeness (QED) is 0.659. The molecule has 18 heavy (non-hydrogen) atoms. The predicted molar refractivity (Wildman–Crippen MR) is 78.7 cm³/mol. The van der Waals surface area contributed by atoms with Crippen LogP contribution in [0, 0.1) is 0 Å². The van der Waals surface area contributed by atoms with Crippen molar-refractivity contribution < 1.29 is 0 Å². The van der Waals surface area contributed by atoms with Crippen LogP contribution in [-0.2, 0) is 0 Å². The molecule has 0 aliphatic rings. The zero-order valence-electron chi connectivity index (χ0n) is 9.73. The minimum Gasteiger partial charge on any atom is -0.354 e. The lowest BCUT2D eigenvalue weighted by Crippen LogP contribution is -1.91. The van der Waals surface area contributed by atoms with E-state index in [-0.39, 0.29) is 0 Å². The molecule has 3 aromatic carbocycles. The lowest BCUT2D eigenvalue weighted by Gasteiger charge is -2.10. The van der Waals surface area contributed by atoms with Gasteiger partial charge in [0.05, 0.1) is 10.7 Å². The van der Waals surface area contributed by atoms with Crippen LogP contribution in [0.15, 0.2) is 66.7 Å². The van der Waals surface area contributed by atoms with Crippen LogP contribution in [0.5, 0.6) is 0 Å². The fourth-order valence-electron chi connectivity index (χ4n) is 2.01. The molecule has 0 unspecified atom stereocenters. The Hall–Kier alpha value is -1.99. The average molecular weight is 254 g/mol. The Morgan fingerprint density at radius 2 is 1.44 bits per heavy atom. The molecule has 0 fully saturated rings. The summed E-state index contributed by atoms with van der Waals surface area (Å²) in [5.41, 5.74) is 1.97. The van der Waals surface area contributed by atoms with Gasteiger partial charge in [0.2, 0.25) is 0 Å². The first-order chi connectivity index (χ1) is 8.84. The van der Waals surface area contributed by atoms with Crippen LogP contribution in [0.2, 0.25) is 5.02 Å². The van der Waals surface area contributed by atoms with Gasteiger partial charge in [0.15, 0.2) is 0 Å². The second-order valence-corrected chi connectivity index (χ2v) is 4.52. The van der Waals surface area contributed by atoms with E-state index >= 15 is 0 Å². The molecule has 2 heteroatoms. The van der Waals surface area contributed by atoms with E-state index < -0.39 is 0 Å². The van der Waals surface area contributed by atoms with Gasteiger partial charge in [-0.15, -0.1) is 0 Å². The van der Waals surface area contributed by atoms with Crippen molar-refractivity contribution in [2.45, 2.75) is 0 Å². The van der Waals surface area contributed by atoms with Gasteiger partial charge < -0.3 is 5.32 Å². The highest BCUT2D eigenvalue weighted by atomic mass is 35.5. The largest absolute Gasteiger partial charge is 0.354 e. The van der Waals surface area contributed by atoms with Crippen LogP contribution in [-0.4, -0.2) is 0 Å². The van der Waals surface area contributed by atoms with Gasteiger partial charge in [-0.3, -0.25) is 0 Å². The van der Waals surface area contributed by atoms with Gasteiger partial charge in [-0.1, -0.05) is 60.1 Å². The SMILES string of the molecule is Clc1c(Nc2ccccc2)ccc2ccccc12. The molecule has 0 bridgehead atoms. The first-order valence-corrected chi connectivity index (χ1v) is 6.22. The van der Waals surface area contributed by atoms with Gasteiger partial charge >= 0.3 is 0 Å². The van der Waals surface area contributed by atoms with Crippen molar-refractivity contribution in [2.24, 2.45) is 0 Å². The van der Waals surface area contributed by atoms with E-state index in [0.717, 1.165) is 27.2 Å². The van der Waals surface area contributed by atoms with Crippen molar-refractivity contribution in [3.63, 3.8) is 0 Å². The molecule has 0 radical (unpaired) electrons. The number of hydrogen-bond donors (Lipinski definition) is 1. The highest BCUT2D eigenvalue weighted by Gasteiger charge is 2.04. The molecule has 0 saturated carbocycles. The van der Waals surface area contributed by atoms with Gasteiger partial charge in [-0.25, -0.2) is 0 Å². The van der Waals surface area contributed by atoms with Crippen molar-refractivity contribution >= 4 is 33.7 Å². The minimum absolute atomic E-state index is 0.761. The zero-order chi connectivity index (χ0) is 12.4. The van der Waals surface area contributed by atoms with Gasteiger partial charge in [-0.05, 0) is 23.6 Å². The molecule has 1 N–H and O–H groups in total.